The van der Waals surface area contributed by atoms with Crippen molar-refractivity contribution in [3.05, 3.63) is 11.7 Å². The number of nitrogens with one attached hydrogen (secondary N) is 1. The Morgan fingerprint density at radius 3 is 2.73 bits per heavy atom. The normalized spacial score (nSPS) is 16.0. The van der Waals surface area contributed by atoms with E-state index in [-0.39, 0.29) is 12.3 Å². The first-order valence-corrected chi connectivity index (χ1v) is 7.87. The maximum atomic E-state index is 12.0. The highest BCUT2D eigenvalue weighted by Crippen LogP contribution is 2.35. The van der Waals surface area contributed by atoms with Crippen LogP contribution in [0, 0.1) is 0 Å². The molecular weight excluding hydrogens is 286 g/mol. The molecule has 0 radical (unpaired) electrons. The molecule has 1 fully saturated rings. The molecule has 0 aliphatic heterocycles. The Morgan fingerprint density at radius 2 is 2.14 bits per heavy atom. The fourth-order valence-corrected chi connectivity index (χ4v) is 2.71. The third kappa shape index (κ3) is 4.54. The van der Waals surface area contributed by atoms with Gasteiger partial charge in [0.1, 0.15) is 0 Å². The van der Waals surface area contributed by atoms with Crippen molar-refractivity contribution in [2.24, 2.45) is 0 Å². The van der Waals surface area contributed by atoms with Crippen LogP contribution in [0.4, 0.5) is 0 Å². The van der Waals surface area contributed by atoms with Gasteiger partial charge in [0.25, 0.3) is 0 Å². The molecule has 1 saturated carbocycles. The number of carboxylic acid groups (broad SMARTS) is 1. The Hall–Kier alpha value is -1.92. The molecule has 0 spiro atoms. The molecule has 22 heavy (non-hydrogen) atoms. The van der Waals surface area contributed by atoms with Gasteiger partial charge in [0.15, 0.2) is 5.82 Å². The van der Waals surface area contributed by atoms with Gasteiger partial charge in [-0.3, -0.25) is 9.59 Å². The maximum absolute atomic E-state index is 12.0. The van der Waals surface area contributed by atoms with E-state index in [0.717, 1.165) is 32.1 Å². The van der Waals surface area contributed by atoms with Crippen LogP contribution in [0.15, 0.2) is 4.52 Å². The van der Waals surface area contributed by atoms with Crippen molar-refractivity contribution in [3.8, 4) is 0 Å². The number of aliphatic carboxylic acids is 1. The molecule has 1 aromatic heterocycles. The van der Waals surface area contributed by atoms with Gasteiger partial charge in [-0.15, -0.1) is 0 Å². The van der Waals surface area contributed by atoms with Crippen LogP contribution in [0.5, 0.6) is 0 Å². The highest BCUT2D eigenvalue weighted by molar-refractivity contribution is 5.78. The summed E-state index contributed by atoms with van der Waals surface area (Å²) in [6, 6.07) is 0. The fourth-order valence-electron chi connectivity index (χ4n) is 2.71. The summed E-state index contributed by atoms with van der Waals surface area (Å²) in [6.07, 6.45) is 5.74. The van der Waals surface area contributed by atoms with E-state index < -0.39 is 11.5 Å². The quantitative estimate of drug-likeness (QED) is 0.721. The molecule has 1 aliphatic carbocycles. The molecule has 1 heterocycles. The second-order valence-corrected chi connectivity index (χ2v) is 5.96. The van der Waals surface area contributed by atoms with Crippen molar-refractivity contribution in [3.63, 3.8) is 0 Å². The van der Waals surface area contributed by atoms with E-state index >= 15 is 0 Å². The lowest BCUT2D eigenvalue weighted by molar-refractivity contribution is -0.140. The lowest BCUT2D eigenvalue weighted by Crippen LogP contribution is -2.54. The summed E-state index contributed by atoms with van der Waals surface area (Å²) in [7, 11) is 0. The van der Waals surface area contributed by atoms with Gasteiger partial charge in [-0.25, -0.2) is 0 Å². The van der Waals surface area contributed by atoms with Crippen molar-refractivity contribution in [2.45, 2.75) is 70.3 Å². The third-order valence-electron chi connectivity index (χ3n) is 3.98. The summed E-state index contributed by atoms with van der Waals surface area (Å²) in [5.41, 5.74) is -0.526. The summed E-state index contributed by atoms with van der Waals surface area (Å²) in [4.78, 5) is 27.1. The first-order valence-electron chi connectivity index (χ1n) is 7.87. The summed E-state index contributed by atoms with van der Waals surface area (Å²) < 4.78 is 5.11. The van der Waals surface area contributed by atoms with Crippen LogP contribution in [-0.2, 0) is 22.4 Å². The van der Waals surface area contributed by atoms with Gasteiger partial charge in [0.05, 0.1) is 12.0 Å². The third-order valence-corrected chi connectivity index (χ3v) is 3.98. The molecule has 2 N–H and O–H groups in total. The molecule has 2 rings (SSSR count). The maximum Gasteiger partial charge on any atom is 0.305 e. The van der Waals surface area contributed by atoms with Crippen molar-refractivity contribution in [1.29, 1.82) is 0 Å². The van der Waals surface area contributed by atoms with Gasteiger partial charge in [0.2, 0.25) is 11.8 Å². The first-order chi connectivity index (χ1) is 10.5. The monoisotopic (exact) mass is 309 g/mol. The zero-order valence-corrected chi connectivity index (χ0v) is 12.9. The number of hydrogen-bond acceptors (Lipinski definition) is 5. The summed E-state index contributed by atoms with van der Waals surface area (Å²) in [5.74, 6) is 0.292. The molecule has 7 heteroatoms. The lowest BCUT2D eigenvalue weighted by atomic mass is 9.74. The second kappa shape index (κ2) is 7.38. The van der Waals surface area contributed by atoms with E-state index in [1.54, 1.807) is 0 Å². The predicted octanol–water partition coefficient (Wildman–Crippen LogP) is 1.86. The van der Waals surface area contributed by atoms with Gasteiger partial charge >= 0.3 is 5.97 Å². The topological polar surface area (TPSA) is 105 Å². The highest BCUT2D eigenvalue weighted by atomic mass is 16.5. The van der Waals surface area contributed by atoms with Gasteiger partial charge in [-0.2, -0.15) is 4.98 Å². The van der Waals surface area contributed by atoms with Crippen LogP contribution < -0.4 is 5.32 Å². The van der Waals surface area contributed by atoms with Crippen LogP contribution in [0.3, 0.4) is 0 Å². The van der Waals surface area contributed by atoms with Crippen LogP contribution in [-0.4, -0.2) is 32.7 Å². The predicted molar refractivity (Wildman–Crippen MR) is 78.2 cm³/mol. The van der Waals surface area contributed by atoms with Crippen molar-refractivity contribution < 1.29 is 19.2 Å². The number of hydrogen-bond donors (Lipinski definition) is 2. The van der Waals surface area contributed by atoms with Gasteiger partial charge in [-0.05, 0) is 32.1 Å². The smallest absolute Gasteiger partial charge is 0.305 e. The molecule has 122 valence electrons. The fraction of sp³-hybridized carbons (Fsp3) is 0.733. The summed E-state index contributed by atoms with van der Waals surface area (Å²) in [5, 5.41) is 15.7. The van der Waals surface area contributed by atoms with Gasteiger partial charge < -0.3 is 14.9 Å². The number of carbonyl (C=O) groups excluding carboxylic acids is 1. The first kappa shape index (κ1) is 16.5. The number of aromatic nitrogens is 2. The molecular formula is C15H23N3O4. The Balaban J connectivity index is 1.72. The molecule has 1 amide bonds. The van der Waals surface area contributed by atoms with Crippen LogP contribution in [0.1, 0.15) is 63.6 Å². The van der Waals surface area contributed by atoms with Crippen LogP contribution >= 0.6 is 0 Å². The average Bonchev–Trinajstić information content (AvgIpc) is 2.84. The van der Waals surface area contributed by atoms with Crippen molar-refractivity contribution >= 4 is 11.9 Å². The Kier molecular flexibility index (Phi) is 5.51. The van der Waals surface area contributed by atoms with E-state index in [9.17, 15) is 9.59 Å². The molecule has 0 bridgehead atoms. The van der Waals surface area contributed by atoms with E-state index in [4.69, 9.17) is 9.63 Å². The van der Waals surface area contributed by atoms with Crippen molar-refractivity contribution in [1.82, 2.24) is 15.5 Å². The molecule has 0 saturated heterocycles. The molecule has 7 nitrogen and oxygen atoms in total. The number of carbonyl (C=O) groups is 2. The van der Waals surface area contributed by atoms with Crippen LogP contribution in [0.25, 0.3) is 0 Å². The van der Waals surface area contributed by atoms with Crippen LogP contribution in [0.2, 0.25) is 0 Å². The Bertz CT molecular complexity index is 523. The molecule has 1 aromatic rings. The average molecular weight is 309 g/mol. The number of aryl methyl sites for hydroxylation is 2. The second-order valence-electron chi connectivity index (χ2n) is 5.96. The molecule has 0 aromatic carbocycles. The minimum atomic E-state index is -0.866. The highest BCUT2D eigenvalue weighted by Gasteiger charge is 2.40. The van der Waals surface area contributed by atoms with Crippen molar-refractivity contribution in [2.75, 3.05) is 0 Å². The minimum Gasteiger partial charge on any atom is -0.481 e. The van der Waals surface area contributed by atoms with E-state index in [0.29, 0.717) is 31.0 Å². The number of rotatable bonds is 9. The van der Waals surface area contributed by atoms with E-state index in [2.05, 4.69) is 15.5 Å². The molecule has 0 atom stereocenters. The Labute approximate surface area is 129 Å². The van der Waals surface area contributed by atoms with E-state index in [1.165, 1.54) is 0 Å². The minimum absolute atomic E-state index is 0.00276. The van der Waals surface area contributed by atoms with E-state index in [1.807, 2.05) is 6.92 Å². The zero-order valence-electron chi connectivity index (χ0n) is 12.9. The SMILES string of the molecule is CCCc1noc(CCCC(=O)NC2(CC(=O)O)CCC2)n1. The molecule has 0 unspecified atom stereocenters. The summed E-state index contributed by atoms with van der Waals surface area (Å²) >= 11 is 0. The van der Waals surface area contributed by atoms with Gasteiger partial charge in [0, 0.05) is 19.3 Å². The number of carboxylic acids is 1. The number of amides is 1. The summed E-state index contributed by atoms with van der Waals surface area (Å²) in [6.45, 7) is 2.05. The standard InChI is InChI=1S/C15H23N3O4/c1-2-5-11-16-13(22-18-11)7-3-6-12(19)17-15(8-4-9-15)10-14(20)21/h2-10H2,1H3,(H,17,19)(H,20,21). The number of nitrogens with zero attached hydrogens (tertiary/aromatic N) is 2. The zero-order chi connectivity index (χ0) is 16.0. The lowest BCUT2D eigenvalue weighted by Gasteiger charge is -2.41. The Morgan fingerprint density at radius 1 is 1.36 bits per heavy atom. The largest absolute Gasteiger partial charge is 0.481 e. The molecule has 1 aliphatic rings. The van der Waals surface area contributed by atoms with Gasteiger partial charge in [-0.1, -0.05) is 12.1 Å².